The number of hydrogen-bond donors (Lipinski definition) is 2. The van der Waals surface area contributed by atoms with E-state index in [9.17, 15) is 0 Å². The number of nitrogens with zero attached hydrogens (tertiary/aromatic N) is 2. The number of nitrogens with two attached hydrogens (primary N) is 1. The van der Waals surface area contributed by atoms with Gasteiger partial charge in [0, 0.05) is 12.7 Å². The molecule has 15 heavy (non-hydrogen) atoms. The third-order valence-corrected chi connectivity index (χ3v) is 2.12. The molecule has 0 spiro atoms. The number of nitrogens with one attached hydrogen (secondary N) is 1. The van der Waals surface area contributed by atoms with Crippen molar-refractivity contribution in [2.75, 3.05) is 38.2 Å². The molecule has 4 nitrogen and oxygen atoms in total. The molecule has 0 saturated heterocycles. The lowest BCUT2D eigenvalue weighted by molar-refractivity contribution is 0.396. The van der Waals surface area contributed by atoms with Crippen molar-refractivity contribution in [2.24, 2.45) is 0 Å². The van der Waals surface area contributed by atoms with Gasteiger partial charge in [0.15, 0.2) is 0 Å². The molecular formula is C11H20N4. The fourth-order valence-electron chi connectivity index (χ4n) is 1.34. The Morgan fingerprint density at radius 3 is 2.80 bits per heavy atom. The van der Waals surface area contributed by atoms with Gasteiger partial charge in [-0.15, -0.1) is 0 Å². The van der Waals surface area contributed by atoms with Crippen molar-refractivity contribution in [1.29, 1.82) is 0 Å². The highest BCUT2D eigenvalue weighted by atomic mass is 15.0. The van der Waals surface area contributed by atoms with Crippen LogP contribution in [-0.4, -0.2) is 37.1 Å². The van der Waals surface area contributed by atoms with Gasteiger partial charge in [-0.25, -0.2) is 0 Å². The molecule has 0 aliphatic rings. The standard InChI is InChI=1S/C11H20N4/c1-15(2)6-4-3-5-14-11-7-10(12)8-13-9-11/h7-9,14H,3-6,12H2,1-2H3. The van der Waals surface area contributed by atoms with Crippen LogP contribution in [0.3, 0.4) is 0 Å². The highest BCUT2D eigenvalue weighted by Crippen LogP contribution is 2.09. The third kappa shape index (κ3) is 5.22. The van der Waals surface area contributed by atoms with Gasteiger partial charge in [0.05, 0.1) is 17.6 Å². The first-order valence-corrected chi connectivity index (χ1v) is 5.27. The summed E-state index contributed by atoms with van der Waals surface area (Å²) in [7, 11) is 4.19. The van der Waals surface area contributed by atoms with Crippen LogP contribution in [0, 0.1) is 0 Å². The summed E-state index contributed by atoms with van der Waals surface area (Å²) in [5, 5.41) is 3.30. The second-order valence-electron chi connectivity index (χ2n) is 3.94. The fraction of sp³-hybridized carbons (Fsp3) is 0.545. The Bertz CT molecular complexity index is 286. The van der Waals surface area contributed by atoms with E-state index in [1.54, 1.807) is 12.4 Å². The Morgan fingerprint density at radius 2 is 2.13 bits per heavy atom. The maximum Gasteiger partial charge on any atom is 0.0547 e. The predicted octanol–water partition coefficient (Wildman–Crippen LogP) is 1.42. The Labute approximate surface area is 91.5 Å². The maximum absolute atomic E-state index is 5.62. The minimum Gasteiger partial charge on any atom is -0.397 e. The molecule has 0 unspecified atom stereocenters. The van der Waals surface area contributed by atoms with E-state index in [-0.39, 0.29) is 0 Å². The van der Waals surface area contributed by atoms with Gasteiger partial charge in [0.1, 0.15) is 0 Å². The zero-order valence-electron chi connectivity index (χ0n) is 9.53. The van der Waals surface area contributed by atoms with Gasteiger partial charge in [-0.1, -0.05) is 0 Å². The molecule has 3 N–H and O–H groups in total. The van der Waals surface area contributed by atoms with Gasteiger partial charge in [-0.05, 0) is 39.5 Å². The second kappa shape index (κ2) is 6.24. The summed E-state index contributed by atoms with van der Waals surface area (Å²) in [4.78, 5) is 6.21. The Kier molecular flexibility index (Phi) is 4.90. The van der Waals surface area contributed by atoms with Crippen LogP contribution in [0.2, 0.25) is 0 Å². The highest BCUT2D eigenvalue weighted by Gasteiger charge is 1.94. The first kappa shape index (κ1) is 11.8. The molecule has 1 aromatic rings. The van der Waals surface area contributed by atoms with E-state index < -0.39 is 0 Å². The number of anilines is 2. The van der Waals surface area contributed by atoms with Crippen molar-refractivity contribution in [3.63, 3.8) is 0 Å². The largest absolute Gasteiger partial charge is 0.397 e. The van der Waals surface area contributed by atoms with Crippen molar-refractivity contribution in [2.45, 2.75) is 12.8 Å². The van der Waals surface area contributed by atoms with Gasteiger partial charge >= 0.3 is 0 Å². The van der Waals surface area contributed by atoms with E-state index in [0.717, 1.165) is 25.2 Å². The first-order chi connectivity index (χ1) is 7.18. The Morgan fingerprint density at radius 1 is 1.33 bits per heavy atom. The van der Waals surface area contributed by atoms with E-state index in [1.807, 2.05) is 6.07 Å². The second-order valence-corrected chi connectivity index (χ2v) is 3.94. The third-order valence-electron chi connectivity index (χ3n) is 2.12. The van der Waals surface area contributed by atoms with Crippen LogP contribution < -0.4 is 11.1 Å². The molecule has 4 heteroatoms. The summed E-state index contributed by atoms with van der Waals surface area (Å²) in [5.74, 6) is 0. The van der Waals surface area contributed by atoms with E-state index in [0.29, 0.717) is 5.69 Å². The Balaban J connectivity index is 2.15. The number of hydrogen-bond acceptors (Lipinski definition) is 4. The average molecular weight is 208 g/mol. The number of nitrogen functional groups attached to an aromatic ring is 1. The van der Waals surface area contributed by atoms with Crippen LogP contribution in [0.1, 0.15) is 12.8 Å². The minimum absolute atomic E-state index is 0.702. The molecule has 1 aromatic heterocycles. The molecule has 0 aliphatic carbocycles. The van der Waals surface area contributed by atoms with Crippen LogP contribution >= 0.6 is 0 Å². The van der Waals surface area contributed by atoms with Crippen LogP contribution in [0.25, 0.3) is 0 Å². The van der Waals surface area contributed by atoms with Crippen LogP contribution in [0.15, 0.2) is 18.5 Å². The molecule has 0 aliphatic heterocycles. The number of rotatable bonds is 6. The highest BCUT2D eigenvalue weighted by molar-refractivity contribution is 5.51. The molecule has 0 saturated carbocycles. The summed E-state index contributed by atoms with van der Waals surface area (Å²) in [6, 6.07) is 1.90. The SMILES string of the molecule is CN(C)CCCCNc1cncc(N)c1. The molecular weight excluding hydrogens is 188 g/mol. The topological polar surface area (TPSA) is 54.2 Å². The summed E-state index contributed by atoms with van der Waals surface area (Å²) in [6.45, 7) is 2.11. The molecule has 1 heterocycles. The maximum atomic E-state index is 5.62. The van der Waals surface area contributed by atoms with Crippen molar-refractivity contribution in [3.05, 3.63) is 18.5 Å². The van der Waals surface area contributed by atoms with E-state index in [4.69, 9.17) is 5.73 Å². The van der Waals surface area contributed by atoms with Crippen molar-refractivity contribution < 1.29 is 0 Å². The molecule has 0 radical (unpaired) electrons. The van der Waals surface area contributed by atoms with E-state index >= 15 is 0 Å². The fourth-order valence-corrected chi connectivity index (χ4v) is 1.34. The quantitative estimate of drug-likeness (QED) is 0.694. The summed E-state index contributed by atoms with van der Waals surface area (Å²) in [6.07, 6.45) is 5.81. The minimum atomic E-state index is 0.702. The van der Waals surface area contributed by atoms with Crippen LogP contribution in [-0.2, 0) is 0 Å². The molecule has 84 valence electrons. The summed E-state index contributed by atoms with van der Waals surface area (Å²) >= 11 is 0. The van der Waals surface area contributed by atoms with Crippen LogP contribution in [0.5, 0.6) is 0 Å². The zero-order valence-corrected chi connectivity index (χ0v) is 9.53. The van der Waals surface area contributed by atoms with Gasteiger partial charge in [-0.3, -0.25) is 4.98 Å². The van der Waals surface area contributed by atoms with Gasteiger partial charge < -0.3 is 16.0 Å². The lowest BCUT2D eigenvalue weighted by Gasteiger charge is -2.10. The van der Waals surface area contributed by atoms with Crippen molar-refractivity contribution in [3.8, 4) is 0 Å². The monoisotopic (exact) mass is 208 g/mol. The van der Waals surface area contributed by atoms with Gasteiger partial charge in [0.25, 0.3) is 0 Å². The molecule has 1 rings (SSSR count). The van der Waals surface area contributed by atoms with Crippen molar-refractivity contribution >= 4 is 11.4 Å². The summed E-state index contributed by atoms with van der Waals surface area (Å²) in [5.41, 5.74) is 7.32. The lowest BCUT2D eigenvalue weighted by Crippen LogP contribution is -2.14. The average Bonchev–Trinajstić information content (AvgIpc) is 2.17. The van der Waals surface area contributed by atoms with Gasteiger partial charge in [-0.2, -0.15) is 0 Å². The molecule has 0 atom stereocenters. The number of unbranched alkanes of at least 4 members (excludes halogenated alkanes) is 1. The predicted molar refractivity (Wildman–Crippen MR) is 64.9 cm³/mol. The smallest absolute Gasteiger partial charge is 0.0547 e. The molecule has 0 amide bonds. The Hall–Kier alpha value is -1.29. The molecule has 0 bridgehead atoms. The number of pyridine rings is 1. The summed E-state index contributed by atoms with van der Waals surface area (Å²) < 4.78 is 0. The van der Waals surface area contributed by atoms with Crippen LogP contribution in [0.4, 0.5) is 11.4 Å². The normalized spacial score (nSPS) is 10.6. The van der Waals surface area contributed by atoms with Crippen molar-refractivity contribution in [1.82, 2.24) is 9.88 Å². The first-order valence-electron chi connectivity index (χ1n) is 5.27. The van der Waals surface area contributed by atoms with E-state index in [1.165, 1.54) is 6.42 Å². The molecule has 0 fully saturated rings. The van der Waals surface area contributed by atoms with Gasteiger partial charge in [0.2, 0.25) is 0 Å². The zero-order chi connectivity index (χ0) is 11.1. The molecule has 0 aromatic carbocycles. The lowest BCUT2D eigenvalue weighted by atomic mass is 10.3. The number of aromatic nitrogens is 1. The van der Waals surface area contributed by atoms with E-state index in [2.05, 4.69) is 29.3 Å².